The lowest BCUT2D eigenvalue weighted by molar-refractivity contribution is 0.101. The highest BCUT2D eigenvalue weighted by atomic mass is 16.1. The minimum absolute atomic E-state index is 0.111. The van der Waals surface area contributed by atoms with E-state index >= 15 is 0 Å². The first kappa shape index (κ1) is 13.7. The Morgan fingerprint density at radius 3 is 2.43 bits per heavy atom. The number of carbonyl (C=O) groups excluding carboxylic acids is 1. The highest BCUT2D eigenvalue weighted by Gasteiger charge is 2.33. The van der Waals surface area contributed by atoms with Crippen molar-refractivity contribution in [2.75, 3.05) is 16.3 Å². The maximum absolute atomic E-state index is 11.6. The monoisotopic (exact) mass is 280 g/mol. The van der Waals surface area contributed by atoms with Gasteiger partial charge in [-0.15, -0.1) is 0 Å². The normalized spacial score (nSPS) is 17.0. The van der Waals surface area contributed by atoms with Crippen LogP contribution in [0.2, 0.25) is 0 Å². The fraction of sp³-hybridized carbons (Fsp3) is 0.278. The summed E-state index contributed by atoms with van der Waals surface area (Å²) in [7, 11) is 0. The van der Waals surface area contributed by atoms with Gasteiger partial charge in [0.25, 0.3) is 0 Å². The Morgan fingerprint density at radius 1 is 1.10 bits per heavy atom. The van der Waals surface area contributed by atoms with Crippen LogP contribution < -0.4 is 9.80 Å². The van der Waals surface area contributed by atoms with E-state index in [0.29, 0.717) is 0 Å². The number of rotatable bonds is 3. The minimum Gasteiger partial charge on any atom is -0.350 e. The third-order valence-electron chi connectivity index (χ3n) is 4.15. The molecule has 1 atom stereocenters. The Hall–Kier alpha value is -2.29. The molecule has 0 N–H and O–H groups in total. The summed E-state index contributed by atoms with van der Waals surface area (Å²) in [5.41, 5.74) is 4.26. The van der Waals surface area contributed by atoms with Crippen molar-refractivity contribution in [2.24, 2.45) is 0 Å². The highest BCUT2D eigenvalue weighted by molar-refractivity contribution is 5.97. The van der Waals surface area contributed by atoms with Crippen molar-refractivity contribution in [1.29, 1.82) is 0 Å². The van der Waals surface area contributed by atoms with E-state index in [-0.39, 0.29) is 11.9 Å². The second-order valence-corrected chi connectivity index (χ2v) is 5.38. The molecule has 1 heterocycles. The van der Waals surface area contributed by atoms with Crippen LogP contribution in [0.3, 0.4) is 0 Å². The van der Waals surface area contributed by atoms with Gasteiger partial charge in [-0.2, -0.15) is 0 Å². The summed E-state index contributed by atoms with van der Waals surface area (Å²) in [6, 6.07) is 16.4. The maximum Gasteiger partial charge on any atom is 0.159 e. The van der Waals surface area contributed by atoms with Crippen molar-refractivity contribution in [3.8, 4) is 0 Å². The zero-order valence-corrected chi connectivity index (χ0v) is 12.7. The molecule has 21 heavy (non-hydrogen) atoms. The predicted molar refractivity (Wildman–Crippen MR) is 87.5 cm³/mol. The first-order valence-electron chi connectivity index (χ1n) is 7.39. The van der Waals surface area contributed by atoms with Crippen LogP contribution in [0.4, 0.5) is 17.1 Å². The van der Waals surface area contributed by atoms with Crippen LogP contribution in [0.5, 0.6) is 0 Å². The maximum atomic E-state index is 11.6. The van der Waals surface area contributed by atoms with E-state index in [1.165, 1.54) is 11.4 Å². The fourth-order valence-corrected chi connectivity index (χ4v) is 3.10. The molecule has 2 aromatic carbocycles. The molecule has 3 nitrogen and oxygen atoms in total. The van der Waals surface area contributed by atoms with Gasteiger partial charge < -0.3 is 9.80 Å². The van der Waals surface area contributed by atoms with E-state index < -0.39 is 0 Å². The van der Waals surface area contributed by atoms with Crippen molar-refractivity contribution < 1.29 is 4.79 Å². The van der Waals surface area contributed by atoms with Crippen molar-refractivity contribution in [3.63, 3.8) is 0 Å². The van der Waals surface area contributed by atoms with Crippen LogP contribution in [0, 0.1) is 0 Å². The van der Waals surface area contributed by atoms with Crippen molar-refractivity contribution in [3.05, 3.63) is 54.1 Å². The Kier molecular flexibility index (Phi) is 3.42. The highest BCUT2D eigenvalue weighted by Crippen LogP contribution is 2.44. The van der Waals surface area contributed by atoms with Gasteiger partial charge in [0.1, 0.15) is 6.17 Å². The predicted octanol–water partition coefficient (Wildman–Crippen LogP) is 4.21. The van der Waals surface area contributed by atoms with Gasteiger partial charge in [-0.05, 0) is 51.1 Å². The largest absolute Gasteiger partial charge is 0.350 e. The van der Waals surface area contributed by atoms with E-state index in [1.54, 1.807) is 6.92 Å². The Morgan fingerprint density at radius 2 is 1.81 bits per heavy atom. The third kappa shape index (κ3) is 2.19. The summed E-state index contributed by atoms with van der Waals surface area (Å²) in [6.45, 7) is 6.88. The van der Waals surface area contributed by atoms with E-state index in [4.69, 9.17) is 0 Å². The SMILES string of the molecule is CCN1c2cc(C(C)=O)ccc2N(c2ccccc2)C1C. The molecule has 0 fully saturated rings. The fourth-order valence-electron chi connectivity index (χ4n) is 3.10. The summed E-state index contributed by atoms with van der Waals surface area (Å²) in [6.07, 6.45) is 0.245. The number of carbonyl (C=O) groups is 1. The molecule has 2 aromatic rings. The number of nitrogens with zero attached hydrogens (tertiary/aromatic N) is 2. The first-order chi connectivity index (χ1) is 10.1. The van der Waals surface area contributed by atoms with Gasteiger partial charge in [-0.1, -0.05) is 18.2 Å². The van der Waals surface area contributed by atoms with Gasteiger partial charge >= 0.3 is 0 Å². The van der Waals surface area contributed by atoms with Crippen LogP contribution >= 0.6 is 0 Å². The Bertz CT molecular complexity index is 666. The number of fused-ring (bicyclic) bond motifs is 1. The van der Waals surface area contributed by atoms with Crippen molar-refractivity contribution in [2.45, 2.75) is 26.9 Å². The zero-order valence-electron chi connectivity index (χ0n) is 12.7. The molecule has 0 aromatic heterocycles. The lowest BCUT2D eigenvalue weighted by Crippen LogP contribution is -2.38. The summed E-state index contributed by atoms with van der Waals surface area (Å²) in [5, 5.41) is 0. The Balaban J connectivity index is 2.13. The van der Waals surface area contributed by atoms with Gasteiger partial charge in [0.2, 0.25) is 0 Å². The molecule has 0 amide bonds. The molecule has 1 unspecified atom stereocenters. The van der Waals surface area contributed by atoms with Crippen molar-refractivity contribution >= 4 is 22.8 Å². The van der Waals surface area contributed by atoms with Crippen LogP contribution in [0.25, 0.3) is 0 Å². The summed E-state index contributed by atoms with van der Waals surface area (Å²) >= 11 is 0. The quantitative estimate of drug-likeness (QED) is 0.787. The number of anilines is 3. The number of benzene rings is 2. The summed E-state index contributed by atoms with van der Waals surface area (Å²) in [5.74, 6) is 0.111. The molecule has 108 valence electrons. The van der Waals surface area contributed by atoms with E-state index in [0.717, 1.165) is 17.8 Å². The summed E-state index contributed by atoms with van der Waals surface area (Å²) < 4.78 is 0. The molecule has 3 rings (SSSR count). The number of hydrogen-bond acceptors (Lipinski definition) is 3. The lowest BCUT2D eigenvalue weighted by Gasteiger charge is -2.29. The number of ketones is 1. The number of hydrogen-bond donors (Lipinski definition) is 0. The number of Topliss-reactive ketones (excluding diaryl/α,β-unsaturated/α-hetero) is 1. The lowest BCUT2D eigenvalue weighted by atomic mass is 10.1. The second kappa shape index (κ2) is 5.24. The van der Waals surface area contributed by atoms with E-state index in [9.17, 15) is 4.79 Å². The van der Waals surface area contributed by atoms with Gasteiger partial charge in [0, 0.05) is 17.8 Å². The number of para-hydroxylation sites is 1. The second-order valence-electron chi connectivity index (χ2n) is 5.38. The van der Waals surface area contributed by atoms with Crippen LogP contribution in [-0.4, -0.2) is 18.5 Å². The van der Waals surface area contributed by atoms with Crippen LogP contribution in [0.1, 0.15) is 31.1 Å². The van der Waals surface area contributed by atoms with E-state index in [2.05, 4.69) is 54.0 Å². The van der Waals surface area contributed by atoms with Gasteiger partial charge in [-0.25, -0.2) is 0 Å². The summed E-state index contributed by atoms with van der Waals surface area (Å²) in [4.78, 5) is 16.3. The van der Waals surface area contributed by atoms with Crippen molar-refractivity contribution in [1.82, 2.24) is 0 Å². The molecule has 0 saturated carbocycles. The molecule has 0 spiro atoms. The van der Waals surface area contributed by atoms with Gasteiger partial charge in [-0.3, -0.25) is 4.79 Å². The third-order valence-corrected chi connectivity index (χ3v) is 4.15. The topological polar surface area (TPSA) is 23.6 Å². The Labute approximate surface area is 125 Å². The standard InChI is InChI=1S/C18H20N2O/c1-4-19-14(3)20(16-8-6-5-7-9-16)17-11-10-15(13(2)21)12-18(17)19/h5-12,14H,4H2,1-3H3. The van der Waals surface area contributed by atoms with Gasteiger partial charge in [0.15, 0.2) is 5.78 Å². The molecular formula is C18H20N2O. The molecule has 1 aliphatic heterocycles. The van der Waals surface area contributed by atoms with E-state index in [1.807, 2.05) is 18.2 Å². The molecule has 0 saturated heterocycles. The molecule has 0 aliphatic carbocycles. The van der Waals surface area contributed by atoms with Crippen LogP contribution in [0.15, 0.2) is 48.5 Å². The molecule has 1 aliphatic rings. The molecule has 0 radical (unpaired) electrons. The molecule has 0 bridgehead atoms. The molecule has 3 heteroatoms. The molecular weight excluding hydrogens is 260 g/mol. The van der Waals surface area contributed by atoms with Gasteiger partial charge in [0.05, 0.1) is 11.4 Å². The minimum atomic E-state index is 0.111. The van der Waals surface area contributed by atoms with Crippen LogP contribution in [-0.2, 0) is 0 Å². The first-order valence-corrected chi connectivity index (χ1v) is 7.39. The average Bonchev–Trinajstić information content (AvgIpc) is 2.78. The smallest absolute Gasteiger partial charge is 0.159 e. The zero-order chi connectivity index (χ0) is 15.0. The average molecular weight is 280 g/mol.